The highest BCUT2D eigenvalue weighted by Crippen LogP contribution is 2.31. The number of carboxylic acid groups (broad SMARTS) is 1. The quantitative estimate of drug-likeness (QED) is 0.594. The van der Waals surface area contributed by atoms with Gasteiger partial charge in [0.15, 0.2) is 0 Å². The molecule has 1 atom stereocenters. The van der Waals surface area contributed by atoms with Gasteiger partial charge in [-0.05, 0) is 48.8 Å². The fourth-order valence-corrected chi connectivity index (χ4v) is 2.56. The third kappa shape index (κ3) is 7.04. The molecule has 0 fully saturated rings. The van der Waals surface area contributed by atoms with Crippen molar-refractivity contribution >= 4 is 5.97 Å². The predicted octanol–water partition coefficient (Wildman–Crippen LogP) is 4.36. The summed E-state index contributed by atoms with van der Waals surface area (Å²) >= 11 is 0. The topological polar surface area (TPSA) is 66.8 Å². The standard InChI is InChI=1S/C19H30O4/c1-4-5-13-23-14-11-15(18(21)22)10-12-19(2,3)16-6-8-17(20)9-7-16/h6-9,15,20H,4-5,10-14H2,1-3H3,(H,21,22). The molecule has 0 saturated heterocycles. The van der Waals surface area contributed by atoms with Gasteiger partial charge in [0.1, 0.15) is 5.75 Å². The lowest BCUT2D eigenvalue weighted by Crippen LogP contribution is -2.22. The van der Waals surface area contributed by atoms with Gasteiger partial charge < -0.3 is 14.9 Å². The summed E-state index contributed by atoms with van der Waals surface area (Å²) in [5, 5.41) is 18.8. The fraction of sp³-hybridized carbons (Fsp3) is 0.632. The largest absolute Gasteiger partial charge is 0.508 e. The summed E-state index contributed by atoms with van der Waals surface area (Å²) in [4.78, 5) is 11.4. The van der Waals surface area contributed by atoms with Crippen LogP contribution in [0.15, 0.2) is 24.3 Å². The Labute approximate surface area is 139 Å². The van der Waals surface area contributed by atoms with Gasteiger partial charge in [-0.3, -0.25) is 4.79 Å². The first-order chi connectivity index (χ1) is 10.9. The number of phenolic OH excluding ortho intramolecular Hbond substituents is 1. The monoisotopic (exact) mass is 322 g/mol. The lowest BCUT2D eigenvalue weighted by atomic mass is 9.78. The van der Waals surface area contributed by atoms with Crippen LogP contribution >= 0.6 is 0 Å². The summed E-state index contributed by atoms with van der Waals surface area (Å²) in [5.74, 6) is -0.865. The van der Waals surface area contributed by atoms with E-state index in [4.69, 9.17) is 4.74 Å². The number of unbranched alkanes of at least 4 members (excludes halogenated alkanes) is 1. The highest BCUT2D eigenvalue weighted by molar-refractivity contribution is 5.69. The minimum atomic E-state index is -0.745. The van der Waals surface area contributed by atoms with E-state index in [0.29, 0.717) is 26.1 Å². The number of benzene rings is 1. The molecule has 0 radical (unpaired) electrons. The number of carboxylic acids is 1. The van der Waals surface area contributed by atoms with Crippen LogP contribution < -0.4 is 0 Å². The van der Waals surface area contributed by atoms with Gasteiger partial charge in [-0.15, -0.1) is 0 Å². The number of aromatic hydroxyl groups is 1. The van der Waals surface area contributed by atoms with Crippen molar-refractivity contribution < 1.29 is 19.7 Å². The Kier molecular flexibility index (Phi) is 8.10. The zero-order valence-corrected chi connectivity index (χ0v) is 14.5. The van der Waals surface area contributed by atoms with E-state index in [1.54, 1.807) is 12.1 Å². The van der Waals surface area contributed by atoms with Crippen molar-refractivity contribution in [2.24, 2.45) is 5.92 Å². The van der Waals surface area contributed by atoms with Crippen LogP contribution in [0.5, 0.6) is 5.75 Å². The van der Waals surface area contributed by atoms with Crippen molar-refractivity contribution in [2.45, 2.75) is 58.3 Å². The molecule has 0 saturated carbocycles. The molecular formula is C19H30O4. The summed E-state index contributed by atoms with van der Waals surface area (Å²) < 4.78 is 5.49. The molecule has 130 valence electrons. The number of rotatable bonds is 11. The molecular weight excluding hydrogens is 292 g/mol. The van der Waals surface area contributed by atoms with Crippen LogP contribution in [-0.2, 0) is 14.9 Å². The van der Waals surface area contributed by atoms with Crippen molar-refractivity contribution in [1.82, 2.24) is 0 Å². The minimum Gasteiger partial charge on any atom is -0.508 e. The fourth-order valence-electron chi connectivity index (χ4n) is 2.56. The summed E-state index contributed by atoms with van der Waals surface area (Å²) in [7, 11) is 0. The Balaban J connectivity index is 2.50. The van der Waals surface area contributed by atoms with Crippen LogP contribution in [0.25, 0.3) is 0 Å². The molecule has 0 aliphatic carbocycles. The summed E-state index contributed by atoms with van der Waals surface area (Å²) in [6.45, 7) is 7.54. The molecule has 0 amide bonds. The van der Waals surface area contributed by atoms with Gasteiger partial charge in [0.2, 0.25) is 0 Å². The SMILES string of the molecule is CCCCOCCC(CCC(C)(C)c1ccc(O)cc1)C(=O)O. The second kappa shape index (κ2) is 9.56. The number of phenols is 1. The zero-order chi connectivity index (χ0) is 17.3. The molecule has 1 aromatic carbocycles. The molecule has 4 nitrogen and oxygen atoms in total. The van der Waals surface area contributed by atoms with E-state index in [2.05, 4.69) is 20.8 Å². The van der Waals surface area contributed by atoms with Gasteiger partial charge in [0, 0.05) is 13.2 Å². The highest BCUT2D eigenvalue weighted by Gasteiger charge is 2.25. The second-order valence-electron chi connectivity index (χ2n) is 6.76. The molecule has 4 heteroatoms. The van der Waals surface area contributed by atoms with Crippen LogP contribution in [0.4, 0.5) is 0 Å². The maximum Gasteiger partial charge on any atom is 0.306 e. The Bertz CT molecular complexity index is 465. The maximum absolute atomic E-state index is 11.4. The molecule has 2 N–H and O–H groups in total. The average Bonchev–Trinajstić information content (AvgIpc) is 2.50. The Morgan fingerprint density at radius 3 is 2.39 bits per heavy atom. The number of aliphatic carboxylic acids is 1. The van der Waals surface area contributed by atoms with Gasteiger partial charge in [-0.1, -0.05) is 39.3 Å². The van der Waals surface area contributed by atoms with Crippen molar-refractivity contribution in [1.29, 1.82) is 0 Å². The molecule has 1 aromatic rings. The molecule has 0 heterocycles. The molecule has 0 aliphatic rings. The number of carbonyl (C=O) groups is 1. The van der Waals surface area contributed by atoms with E-state index in [1.165, 1.54) is 0 Å². The van der Waals surface area contributed by atoms with Crippen LogP contribution in [0.1, 0.15) is 58.4 Å². The predicted molar refractivity (Wildman–Crippen MR) is 91.8 cm³/mol. The minimum absolute atomic E-state index is 0.121. The summed E-state index contributed by atoms with van der Waals surface area (Å²) in [5.41, 5.74) is 0.989. The van der Waals surface area contributed by atoms with E-state index in [-0.39, 0.29) is 17.1 Å². The van der Waals surface area contributed by atoms with Gasteiger partial charge in [0.05, 0.1) is 5.92 Å². The molecule has 0 bridgehead atoms. The first kappa shape index (κ1) is 19.5. The number of ether oxygens (including phenoxy) is 1. The summed E-state index contributed by atoms with van der Waals surface area (Å²) in [6.07, 6.45) is 4.07. The third-order valence-electron chi connectivity index (χ3n) is 4.37. The van der Waals surface area contributed by atoms with Crippen molar-refractivity contribution in [3.8, 4) is 5.75 Å². The lowest BCUT2D eigenvalue weighted by molar-refractivity contribution is -0.142. The van der Waals surface area contributed by atoms with Crippen molar-refractivity contribution in [3.63, 3.8) is 0 Å². The lowest BCUT2D eigenvalue weighted by Gasteiger charge is -2.27. The smallest absolute Gasteiger partial charge is 0.306 e. The van der Waals surface area contributed by atoms with E-state index in [0.717, 1.165) is 24.8 Å². The third-order valence-corrected chi connectivity index (χ3v) is 4.37. The van der Waals surface area contributed by atoms with Crippen LogP contribution in [0.3, 0.4) is 0 Å². The van der Waals surface area contributed by atoms with Crippen molar-refractivity contribution in [2.75, 3.05) is 13.2 Å². The van der Waals surface area contributed by atoms with Crippen molar-refractivity contribution in [3.05, 3.63) is 29.8 Å². The zero-order valence-electron chi connectivity index (χ0n) is 14.5. The van der Waals surface area contributed by atoms with Crippen LogP contribution in [0, 0.1) is 5.92 Å². The Morgan fingerprint density at radius 1 is 1.17 bits per heavy atom. The Hall–Kier alpha value is -1.55. The maximum atomic E-state index is 11.4. The van der Waals surface area contributed by atoms with E-state index in [9.17, 15) is 15.0 Å². The van der Waals surface area contributed by atoms with E-state index < -0.39 is 5.97 Å². The Morgan fingerprint density at radius 2 is 1.83 bits per heavy atom. The van der Waals surface area contributed by atoms with Crippen LogP contribution in [0.2, 0.25) is 0 Å². The first-order valence-corrected chi connectivity index (χ1v) is 8.47. The number of hydrogen-bond acceptors (Lipinski definition) is 3. The van der Waals surface area contributed by atoms with E-state index >= 15 is 0 Å². The highest BCUT2D eigenvalue weighted by atomic mass is 16.5. The number of hydrogen-bond donors (Lipinski definition) is 2. The average molecular weight is 322 g/mol. The normalized spacial score (nSPS) is 13.0. The molecule has 0 aliphatic heterocycles. The van der Waals surface area contributed by atoms with Gasteiger partial charge in [0.25, 0.3) is 0 Å². The molecule has 1 rings (SSSR count). The first-order valence-electron chi connectivity index (χ1n) is 8.47. The molecule has 0 spiro atoms. The second-order valence-corrected chi connectivity index (χ2v) is 6.76. The summed E-state index contributed by atoms with van der Waals surface area (Å²) in [6, 6.07) is 7.15. The van der Waals surface area contributed by atoms with Crippen LogP contribution in [-0.4, -0.2) is 29.4 Å². The molecule has 1 unspecified atom stereocenters. The van der Waals surface area contributed by atoms with Gasteiger partial charge in [-0.2, -0.15) is 0 Å². The van der Waals surface area contributed by atoms with Gasteiger partial charge in [-0.25, -0.2) is 0 Å². The molecule has 23 heavy (non-hydrogen) atoms. The van der Waals surface area contributed by atoms with Gasteiger partial charge >= 0.3 is 5.97 Å². The van der Waals surface area contributed by atoms with E-state index in [1.807, 2.05) is 12.1 Å². The molecule has 0 aromatic heterocycles.